The number of nitrogens with zero attached hydrogens (tertiary/aromatic N) is 4. The Morgan fingerprint density at radius 3 is 2.50 bits per heavy atom. The number of nitrogens with one attached hydrogen (secondary N) is 1. The van der Waals surface area contributed by atoms with Gasteiger partial charge in [-0.05, 0) is 37.1 Å². The summed E-state index contributed by atoms with van der Waals surface area (Å²) in [6.45, 7) is 8.74. The first-order valence-electron chi connectivity index (χ1n) is 10.2. The minimum absolute atomic E-state index is 0.000256. The van der Waals surface area contributed by atoms with Gasteiger partial charge in [0.25, 0.3) is 5.91 Å². The van der Waals surface area contributed by atoms with Crippen molar-refractivity contribution in [3.63, 3.8) is 0 Å². The smallest absolute Gasteiger partial charge is 0.255 e. The average molecular weight is 432 g/mol. The number of carbonyl (C=O) groups excluding carboxylic acids is 2. The summed E-state index contributed by atoms with van der Waals surface area (Å²) in [7, 11) is 1.78. The zero-order chi connectivity index (χ0) is 22.3. The molecule has 0 spiro atoms. The van der Waals surface area contributed by atoms with Crippen LogP contribution in [0.2, 0.25) is 5.15 Å². The minimum Gasteiger partial charge on any atom is -0.363 e. The molecular weight excluding hydrogens is 402 g/mol. The molecule has 0 aromatic carbocycles. The number of halogens is 1. The van der Waals surface area contributed by atoms with Gasteiger partial charge in [0, 0.05) is 39.5 Å². The lowest BCUT2D eigenvalue weighted by Gasteiger charge is -2.23. The third kappa shape index (κ3) is 5.92. The molecule has 1 aliphatic rings. The molecule has 3 rings (SSSR count). The highest BCUT2D eigenvalue weighted by Gasteiger charge is 2.30. The molecule has 2 aromatic heterocycles. The average Bonchev–Trinajstić information content (AvgIpc) is 3.25. The quantitative estimate of drug-likeness (QED) is 0.723. The molecule has 1 aliphatic heterocycles. The molecule has 8 heteroatoms. The number of hydrogen-bond acceptors (Lipinski definition) is 5. The van der Waals surface area contributed by atoms with Gasteiger partial charge in [0.2, 0.25) is 5.91 Å². The number of anilines is 1. The van der Waals surface area contributed by atoms with Crippen molar-refractivity contribution in [1.29, 1.82) is 0 Å². The van der Waals surface area contributed by atoms with Crippen LogP contribution in [0.1, 0.15) is 56.1 Å². The molecule has 0 saturated carbocycles. The molecule has 2 amide bonds. The molecule has 2 aromatic rings. The topological polar surface area (TPSA) is 78.4 Å². The Kier molecular flexibility index (Phi) is 8.59. The SMILES string of the molecule is CC.CC(=O)N(C)[C@H]1CCN(C(=O)c2ccc(N[C@@H](C)c3ccc(Cl)nc3)nc2)C1. The number of carbonyl (C=O) groups is 2. The molecule has 0 bridgehead atoms. The minimum atomic E-state index is -0.0616. The van der Waals surface area contributed by atoms with Crippen molar-refractivity contribution in [2.75, 3.05) is 25.5 Å². The number of aromatic nitrogens is 2. The highest BCUT2D eigenvalue weighted by atomic mass is 35.5. The van der Waals surface area contributed by atoms with E-state index < -0.39 is 0 Å². The third-order valence-corrected chi connectivity index (χ3v) is 5.34. The zero-order valence-corrected chi connectivity index (χ0v) is 19.0. The number of pyridine rings is 2. The number of rotatable bonds is 5. The largest absolute Gasteiger partial charge is 0.363 e. The Bertz CT molecular complexity index is 842. The van der Waals surface area contributed by atoms with Crippen molar-refractivity contribution >= 4 is 29.2 Å². The molecule has 30 heavy (non-hydrogen) atoms. The van der Waals surface area contributed by atoms with Gasteiger partial charge in [-0.3, -0.25) is 9.59 Å². The molecular formula is C22H30ClN5O2. The van der Waals surface area contributed by atoms with Crippen molar-refractivity contribution in [3.05, 3.63) is 52.9 Å². The summed E-state index contributed by atoms with van der Waals surface area (Å²) >= 11 is 5.82. The van der Waals surface area contributed by atoms with E-state index in [0.29, 0.717) is 29.6 Å². The predicted octanol–water partition coefficient (Wildman–Crippen LogP) is 4.02. The third-order valence-electron chi connectivity index (χ3n) is 5.12. The molecule has 0 unspecified atom stereocenters. The van der Waals surface area contributed by atoms with Gasteiger partial charge in [0.15, 0.2) is 0 Å². The van der Waals surface area contributed by atoms with Crippen molar-refractivity contribution in [1.82, 2.24) is 19.8 Å². The summed E-state index contributed by atoms with van der Waals surface area (Å²) in [5, 5.41) is 3.74. The second kappa shape index (κ2) is 10.9. The molecule has 2 atom stereocenters. The normalized spacial score (nSPS) is 16.3. The van der Waals surface area contributed by atoms with Gasteiger partial charge < -0.3 is 15.1 Å². The van der Waals surface area contributed by atoms with Gasteiger partial charge in [-0.2, -0.15) is 0 Å². The van der Waals surface area contributed by atoms with E-state index in [4.69, 9.17) is 11.6 Å². The maximum absolute atomic E-state index is 12.7. The number of likely N-dealkylation sites (tertiary alicyclic amines) is 1. The molecule has 0 radical (unpaired) electrons. The van der Waals surface area contributed by atoms with Crippen LogP contribution in [0, 0.1) is 0 Å². The van der Waals surface area contributed by atoms with Crippen molar-refractivity contribution in [2.24, 2.45) is 0 Å². The summed E-state index contributed by atoms with van der Waals surface area (Å²) < 4.78 is 0. The lowest BCUT2D eigenvalue weighted by molar-refractivity contribution is -0.129. The van der Waals surface area contributed by atoms with Crippen LogP contribution in [-0.4, -0.2) is 57.8 Å². The van der Waals surface area contributed by atoms with Crippen LogP contribution < -0.4 is 5.32 Å². The number of amides is 2. The summed E-state index contributed by atoms with van der Waals surface area (Å²) in [5.74, 6) is 0.629. The van der Waals surface area contributed by atoms with E-state index in [2.05, 4.69) is 15.3 Å². The monoisotopic (exact) mass is 431 g/mol. The standard InChI is InChI=1S/C20H24ClN5O2.C2H6/c1-13(15-4-6-18(21)22-10-15)24-19-7-5-16(11-23-19)20(28)26-9-8-17(12-26)25(3)14(2)27;1-2/h4-7,10-11,13,17H,8-9,12H2,1-3H3,(H,23,24);1-2H3/t13-,17-;/m0./s1. The summed E-state index contributed by atoms with van der Waals surface area (Å²) in [6.07, 6.45) is 4.10. The van der Waals surface area contributed by atoms with E-state index >= 15 is 0 Å². The summed E-state index contributed by atoms with van der Waals surface area (Å²) in [4.78, 5) is 36.2. The van der Waals surface area contributed by atoms with Crippen LogP contribution in [-0.2, 0) is 4.79 Å². The fraction of sp³-hybridized carbons (Fsp3) is 0.455. The van der Waals surface area contributed by atoms with Gasteiger partial charge >= 0.3 is 0 Å². The maximum atomic E-state index is 12.7. The van der Waals surface area contributed by atoms with E-state index in [9.17, 15) is 9.59 Å². The van der Waals surface area contributed by atoms with E-state index in [1.807, 2.05) is 26.8 Å². The van der Waals surface area contributed by atoms with Crippen molar-refractivity contribution in [3.8, 4) is 0 Å². The van der Waals surface area contributed by atoms with Gasteiger partial charge in [0.05, 0.1) is 17.6 Å². The molecule has 3 heterocycles. The van der Waals surface area contributed by atoms with Crippen LogP contribution in [0.4, 0.5) is 5.82 Å². The zero-order valence-electron chi connectivity index (χ0n) is 18.2. The highest BCUT2D eigenvalue weighted by molar-refractivity contribution is 6.29. The Labute approximate surface area is 183 Å². The predicted molar refractivity (Wildman–Crippen MR) is 120 cm³/mol. The maximum Gasteiger partial charge on any atom is 0.255 e. The van der Waals surface area contributed by atoms with Crippen LogP contribution in [0.25, 0.3) is 0 Å². The fourth-order valence-electron chi connectivity index (χ4n) is 3.24. The lowest BCUT2D eigenvalue weighted by Crippen LogP contribution is -2.38. The first-order valence-corrected chi connectivity index (χ1v) is 10.6. The Morgan fingerprint density at radius 2 is 1.93 bits per heavy atom. The van der Waals surface area contributed by atoms with Crippen LogP contribution in [0.3, 0.4) is 0 Å². The first kappa shape index (κ1) is 23.6. The van der Waals surface area contributed by atoms with Crippen LogP contribution in [0.5, 0.6) is 0 Å². The molecule has 1 N–H and O–H groups in total. The van der Waals surface area contributed by atoms with E-state index in [0.717, 1.165) is 12.0 Å². The van der Waals surface area contributed by atoms with Crippen molar-refractivity contribution in [2.45, 2.75) is 46.2 Å². The molecule has 162 valence electrons. The second-order valence-corrected chi connectivity index (χ2v) is 7.42. The summed E-state index contributed by atoms with van der Waals surface area (Å²) in [6, 6.07) is 7.29. The van der Waals surface area contributed by atoms with Crippen LogP contribution in [0.15, 0.2) is 36.7 Å². The molecule has 0 aliphatic carbocycles. The van der Waals surface area contributed by atoms with E-state index in [1.54, 1.807) is 54.4 Å². The fourth-order valence-corrected chi connectivity index (χ4v) is 3.35. The van der Waals surface area contributed by atoms with E-state index in [-0.39, 0.29) is 23.9 Å². The van der Waals surface area contributed by atoms with Gasteiger partial charge in [-0.15, -0.1) is 0 Å². The number of likely N-dealkylation sites (N-methyl/N-ethyl adjacent to an activating group) is 1. The van der Waals surface area contributed by atoms with Crippen molar-refractivity contribution < 1.29 is 9.59 Å². The summed E-state index contributed by atoms with van der Waals surface area (Å²) in [5.41, 5.74) is 1.53. The van der Waals surface area contributed by atoms with Gasteiger partial charge in [-0.25, -0.2) is 9.97 Å². The van der Waals surface area contributed by atoms with Gasteiger partial charge in [-0.1, -0.05) is 31.5 Å². The van der Waals surface area contributed by atoms with Gasteiger partial charge in [0.1, 0.15) is 11.0 Å². The Hall–Kier alpha value is -2.67. The second-order valence-electron chi connectivity index (χ2n) is 7.04. The molecule has 1 fully saturated rings. The van der Waals surface area contributed by atoms with Crippen LogP contribution >= 0.6 is 11.6 Å². The number of hydrogen-bond donors (Lipinski definition) is 1. The first-order chi connectivity index (χ1) is 14.3. The Morgan fingerprint density at radius 1 is 1.20 bits per heavy atom. The lowest BCUT2D eigenvalue weighted by atomic mass is 10.1. The highest BCUT2D eigenvalue weighted by Crippen LogP contribution is 2.20. The molecule has 1 saturated heterocycles. The molecule has 7 nitrogen and oxygen atoms in total. The van der Waals surface area contributed by atoms with E-state index in [1.165, 1.54) is 0 Å². The Balaban J connectivity index is 0.00000155.